The van der Waals surface area contributed by atoms with Gasteiger partial charge < -0.3 is 9.80 Å². The Morgan fingerprint density at radius 1 is 1.23 bits per heavy atom. The molecule has 1 fully saturated rings. The first kappa shape index (κ1) is 15.1. The van der Waals surface area contributed by atoms with Crippen LogP contribution in [0.25, 0.3) is 10.4 Å². The summed E-state index contributed by atoms with van der Waals surface area (Å²) in [7, 11) is 2.04. The second-order valence-corrected chi connectivity index (χ2v) is 6.69. The van der Waals surface area contributed by atoms with Crippen LogP contribution in [0.3, 0.4) is 0 Å². The first-order chi connectivity index (χ1) is 10.6. The summed E-state index contributed by atoms with van der Waals surface area (Å²) in [6.45, 7) is 4.91. The molecule has 3 rings (SSSR count). The highest BCUT2D eigenvalue weighted by molar-refractivity contribution is 7.15. The quantitative estimate of drug-likeness (QED) is 0.854. The Labute approximate surface area is 133 Å². The summed E-state index contributed by atoms with van der Waals surface area (Å²) in [4.78, 5) is 21.7. The third-order valence-corrected chi connectivity index (χ3v) is 4.85. The number of thiazole rings is 1. The minimum Gasteiger partial charge on any atom is -0.335 e. The van der Waals surface area contributed by atoms with E-state index >= 15 is 0 Å². The molecule has 1 aromatic carbocycles. The fourth-order valence-electron chi connectivity index (χ4n) is 2.56. The van der Waals surface area contributed by atoms with Crippen LogP contribution in [0.2, 0.25) is 0 Å². The number of hydrogen-bond donors (Lipinski definition) is 0. The zero-order valence-corrected chi connectivity index (χ0v) is 13.5. The minimum absolute atomic E-state index is 0.101. The Balaban J connectivity index is 1.95. The average molecular weight is 319 g/mol. The van der Waals surface area contributed by atoms with Gasteiger partial charge in [-0.2, -0.15) is 0 Å². The number of hydrogen-bond acceptors (Lipinski definition) is 4. The predicted molar refractivity (Wildman–Crippen MR) is 85.6 cm³/mol. The van der Waals surface area contributed by atoms with E-state index in [1.54, 1.807) is 23.1 Å². The molecule has 0 aliphatic carbocycles. The average Bonchev–Trinajstić information content (AvgIpc) is 2.89. The molecule has 0 radical (unpaired) electrons. The molecule has 4 nitrogen and oxygen atoms in total. The van der Waals surface area contributed by atoms with Crippen LogP contribution >= 0.6 is 11.3 Å². The molecule has 0 unspecified atom stereocenters. The number of likely N-dealkylation sites (N-methyl/N-ethyl adjacent to an activating group) is 1. The van der Waals surface area contributed by atoms with Crippen molar-refractivity contribution in [3.63, 3.8) is 0 Å². The lowest BCUT2D eigenvalue weighted by atomic mass is 10.1. The maximum atomic E-state index is 14.1. The highest BCUT2D eigenvalue weighted by atomic mass is 32.1. The molecule has 0 spiro atoms. The zero-order chi connectivity index (χ0) is 15.7. The van der Waals surface area contributed by atoms with E-state index in [9.17, 15) is 9.18 Å². The zero-order valence-electron chi connectivity index (χ0n) is 12.7. The van der Waals surface area contributed by atoms with Crippen molar-refractivity contribution in [1.82, 2.24) is 14.8 Å². The molecule has 0 saturated carbocycles. The van der Waals surface area contributed by atoms with Gasteiger partial charge in [-0.3, -0.25) is 4.79 Å². The number of benzene rings is 1. The molecule has 1 saturated heterocycles. The van der Waals surface area contributed by atoms with E-state index in [1.165, 1.54) is 17.4 Å². The van der Waals surface area contributed by atoms with Crippen molar-refractivity contribution < 1.29 is 9.18 Å². The van der Waals surface area contributed by atoms with Crippen LogP contribution in [0.5, 0.6) is 0 Å². The Hall–Kier alpha value is -1.79. The Kier molecular flexibility index (Phi) is 4.22. The lowest BCUT2D eigenvalue weighted by molar-refractivity contribution is 0.0659. The van der Waals surface area contributed by atoms with Gasteiger partial charge in [0.05, 0.1) is 9.88 Å². The van der Waals surface area contributed by atoms with E-state index in [-0.39, 0.29) is 11.7 Å². The molecule has 2 aromatic rings. The molecule has 0 atom stereocenters. The maximum absolute atomic E-state index is 14.1. The van der Waals surface area contributed by atoms with Gasteiger partial charge in [-0.15, -0.1) is 11.3 Å². The summed E-state index contributed by atoms with van der Waals surface area (Å²) < 4.78 is 14.1. The molecular formula is C16H18FN3OS. The minimum atomic E-state index is -0.321. The van der Waals surface area contributed by atoms with Crippen LogP contribution < -0.4 is 0 Å². The monoisotopic (exact) mass is 319 g/mol. The summed E-state index contributed by atoms with van der Waals surface area (Å²) >= 11 is 1.37. The number of carbonyl (C=O) groups excluding carboxylic acids is 1. The summed E-state index contributed by atoms with van der Waals surface area (Å²) in [5.74, 6) is -0.422. The smallest absolute Gasteiger partial charge is 0.274 e. The van der Waals surface area contributed by atoms with Gasteiger partial charge in [-0.1, -0.05) is 18.2 Å². The normalized spacial score (nSPS) is 16.0. The maximum Gasteiger partial charge on any atom is 0.274 e. The molecule has 2 heterocycles. The van der Waals surface area contributed by atoms with Gasteiger partial charge in [0.15, 0.2) is 0 Å². The second kappa shape index (κ2) is 6.14. The van der Waals surface area contributed by atoms with Gasteiger partial charge in [0.2, 0.25) is 0 Å². The Bertz CT molecular complexity index is 692. The number of rotatable bonds is 2. The molecule has 0 N–H and O–H groups in total. The van der Waals surface area contributed by atoms with Crippen LogP contribution in [0, 0.1) is 12.7 Å². The molecule has 1 aliphatic heterocycles. The molecule has 6 heteroatoms. The number of aromatic nitrogens is 1. The topological polar surface area (TPSA) is 36.4 Å². The lowest BCUT2D eigenvalue weighted by Gasteiger charge is -2.32. The number of carbonyl (C=O) groups is 1. The van der Waals surface area contributed by atoms with E-state index in [0.717, 1.165) is 18.1 Å². The van der Waals surface area contributed by atoms with Crippen molar-refractivity contribution >= 4 is 17.2 Å². The molecule has 22 heavy (non-hydrogen) atoms. The number of halogens is 1. The summed E-state index contributed by atoms with van der Waals surface area (Å²) in [6, 6.07) is 6.53. The molecule has 1 amide bonds. The van der Waals surface area contributed by atoms with Gasteiger partial charge in [-0.25, -0.2) is 9.37 Å². The molecule has 1 aromatic heterocycles. The molecule has 0 bridgehead atoms. The first-order valence-electron chi connectivity index (χ1n) is 7.26. The van der Waals surface area contributed by atoms with Crippen LogP contribution in [-0.4, -0.2) is 53.9 Å². The van der Waals surface area contributed by atoms with Crippen molar-refractivity contribution in [2.45, 2.75) is 6.92 Å². The van der Waals surface area contributed by atoms with Gasteiger partial charge in [0.25, 0.3) is 5.91 Å². The number of piperazine rings is 1. The highest BCUT2D eigenvalue weighted by Crippen LogP contribution is 2.32. The fraction of sp³-hybridized carbons (Fsp3) is 0.375. The van der Waals surface area contributed by atoms with E-state index in [0.29, 0.717) is 29.2 Å². The van der Waals surface area contributed by atoms with Crippen LogP contribution in [-0.2, 0) is 0 Å². The molecular weight excluding hydrogens is 301 g/mol. The third kappa shape index (κ3) is 2.89. The van der Waals surface area contributed by atoms with Crippen LogP contribution in [0.1, 0.15) is 15.5 Å². The second-order valence-electron chi connectivity index (χ2n) is 5.49. The Morgan fingerprint density at radius 3 is 2.59 bits per heavy atom. The number of amides is 1. The first-order valence-corrected chi connectivity index (χ1v) is 8.08. The van der Waals surface area contributed by atoms with Gasteiger partial charge in [0.1, 0.15) is 11.5 Å². The molecule has 116 valence electrons. The summed E-state index contributed by atoms with van der Waals surface area (Å²) in [5.41, 5.74) is 0.822. The summed E-state index contributed by atoms with van der Waals surface area (Å²) in [6.07, 6.45) is 0. The largest absolute Gasteiger partial charge is 0.335 e. The van der Waals surface area contributed by atoms with Crippen molar-refractivity contribution in [3.8, 4) is 10.4 Å². The fourth-order valence-corrected chi connectivity index (χ4v) is 3.50. The van der Waals surface area contributed by atoms with Crippen LogP contribution in [0.15, 0.2) is 24.3 Å². The number of nitrogens with zero attached hydrogens (tertiary/aromatic N) is 3. The molecule has 1 aliphatic rings. The van der Waals surface area contributed by atoms with Crippen molar-refractivity contribution in [2.24, 2.45) is 0 Å². The van der Waals surface area contributed by atoms with Crippen molar-refractivity contribution in [2.75, 3.05) is 33.2 Å². The van der Waals surface area contributed by atoms with Crippen molar-refractivity contribution in [3.05, 3.63) is 40.8 Å². The number of aryl methyl sites for hydroxylation is 1. The van der Waals surface area contributed by atoms with E-state index < -0.39 is 0 Å². The van der Waals surface area contributed by atoms with Gasteiger partial charge in [-0.05, 0) is 20.0 Å². The van der Waals surface area contributed by atoms with E-state index in [1.807, 2.05) is 14.0 Å². The SMILES string of the molecule is Cc1nc(C(=O)N2CCN(C)CC2)c(-c2ccccc2F)s1. The summed E-state index contributed by atoms with van der Waals surface area (Å²) in [5, 5.41) is 0.774. The van der Waals surface area contributed by atoms with Gasteiger partial charge in [0, 0.05) is 31.7 Å². The highest BCUT2D eigenvalue weighted by Gasteiger charge is 2.26. The lowest BCUT2D eigenvalue weighted by Crippen LogP contribution is -2.47. The van der Waals surface area contributed by atoms with Crippen molar-refractivity contribution in [1.29, 1.82) is 0 Å². The Morgan fingerprint density at radius 2 is 1.91 bits per heavy atom. The third-order valence-electron chi connectivity index (χ3n) is 3.85. The van der Waals surface area contributed by atoms with E-state index in [2.05, 4.69) is 9.88 Å². The van der Waals surface area contributed by atoms with Gasteiger partial charge >= 0.3 is 0 Å². The van der Waals surface area contributed by atoms with E-state index in [4.69, 9.17) is 0 Å². The standard InChI is InChI=1S/C16H18FN3OS/c1-11-18-14(16(21)20-9-7-19(2)8-10-20)15(22-11)12-5-3-4-6-13(12)17/h3-6H,7-10H2,1-2H3. The van der Waals surface area contributed by atoms with Crippen LogP contribution in [0.4, 0.5) is 4.39 Å². The predicted octanol–water partition coefficient (Wildman–Crippen LogP) is 2.65.